The van der Waals surface area contributed by atoms with Crippen molar-refractivity contribution in [2.45, 2.75) is 44.8 Å². The summed E-state index contributed by atoms with van der Waals surface area (Å²) in [7, 11) is -3.66. The Kier molecular flexibility index (Phi) is 7.08. The summed E-state index contributed by atoms with van der Waals surface area (Å²) < 4.78 is 32.8. The summed E-state index contributed by atoms with van der Waals surface area (Å²) in [6.07, 6.45) is 2.70. The molecule has 8 heteroatoms. The first-order valence-electron chi connectivity index (χ1n) is 11.1. The lowest BCUT2D eigenvalue weighted by Crippen LogP contribution is -2.54. The van der Waals surface area contributed by atoms with E-state index in [2.05, 4.69) is 0 Å². The molecule has 1 heterocycles. The number of ether oxygens (including phenoxy) is 1. The van der Waals surface area contributed by atoms with Gasteiger partial charge in [-0.05, 0) is 60.4 Å². The molecule has 0 amide bonds. The third-order valence-electron chi connectivity index (χ3n) is 6.70. The molecule has 1 N–H and O–H groups in total. The number of fused-ring (bicyclic) bond motifs is 1. The Balaban J connectivity index is 1.44. The Morgan fingerprint density at radius 3 is 2.28 bits per heavy atom. The van der Waals surface area contributed by atoms with Crippen LogP contribution in [0.2, 0.25) is 5.02 Å². The van der Waals surface area contributed by atoms with Crippen LogP contribution in [0.1, 0.15) is 37.7 Å². The van der Waals surface area contributed by atoms with E-state index in [-0.39, 0.29) is 11.7 Å². The Morgan fingerprint density at radius 1 is 1.00 bits per heavy atom. The summed E-state index contributed by atoms with van der Waals surface area (Å²) >= 11 is 5.95. The fourth-order valence-corrected chi connectivity index (χ4v) is 6.77. The molecule has 2 aliphatic rings. The minimum absolute atomic E-state index is 0.0537. The summed E-state index contributed by atoms with van der Waals surface area (Å²) in [6, 6.07) is 15.4. The Labute approximate surface area is 194 Å². The van der Waals surface area contributed by atoms with E-state index in [0.29, 0.717) is 23.9 Å². The highest BCUT2D eigenvalue weighted by Crippen LogP contribution is 2.41. The van der Waals surface area contributed by atoms with Gasteiger partial charge < -0.3 is 9.84 Å². The van der Waals surface area contributed by atoms with Crippen LogP contribution in [0, 0.1) is 11.8 Å². The van der Waals surface area contributed by atoms with E-state index in [0.717, 1.165) is 48.8 Å². The number of halogens is 1. The lowest BCUT2D eigenvalue weighted by Gasteiger charge is -2.45. The zero-order valence-corrected chi connectivity index (χ0v) is 19.4. The molecule has 0 radical (unpaired) electrons. The van der Waals surface area contributed by atoms with Gasteiger partial charge in [-0.2, -0.15) is 4.31 Å². The minimum Gasteiger partial charge on any atom is -0.450 e. The van der Waals surface area contributed by atoms with Crippen LogP contribution in [0.5, 0.6) is 0 Å². The van der Waals surface area contributed by atoms with E-state index in [9.17, 15) is 18.3 Å². The fourth-order valence-electron chi connectivity index (χ4n) is 5.02. The standard InChI is InChI=1S/C24H28ClNO5S/c25-21-11-9-19(10-12-21)18-7-5-17(6-8-18)14-16-32(29,30)26-15-13-20-3-1-2-4-22(20)23(26)31-24(27)28/h5-12,20,22-23H,1-4,13-16H2,(H,27,28). The van der Waals surface area contributed by atoms with Gasteiger partial charge in [0.2, 0.25) is 10.0 Å². The minimum atomic E-state index is -3.66. The molecule has 6 nitrogen and oxygen atoms in total. The topological polar surface area (TPSA) is 83.9 Å². The van der Waals surface area contributed by atoms with Crippen LogP contribution in [0.15, 0.2) is 48.5 Å². The van der Waals surface area contributed by atoms with Crippen LogP contribution < -0.4 is 0 Å². The fraction of sp³-hybridized carbons (Fsp3) is 0.458. The van der Waals surface area contributed by atoms with E-state index in [1.165, 1.54) is 4.31 Å². The maximum absolute atomic E-state index is 13.2. The molecule has 3 atom stereocenters. The second-order valence-electron chi connectivity index (χ2n) is 8.65. The van der Waals surface area contributed by atoms with Gasteiger partial charge in [-0.3, -0.25) is 0 Å². The lowest BCUT2D eigenvalue weighted by molar-refractivity contribution is -0.0818. The number of benzene rings is 2. The Morgan fingerprint density at radius 2 is 1.62 bits per heavy atom. The largest absolute Gasteiger partial charge is 0.507 e. The Hall–Kier alpha value is -2.09. The van der Waals surface area contributed by atoms with Gasteiger partial charge in [0.05, 0.1) is 5.75 Å². The van der Waals surface area contributed by atoms with E-state index in [1.54, 1.807) is 0 Å². The molecule has 2 aromatic carbocycles. The zero-order chi connectivity index (χ0) is 22.7. The lowest BCUT2D eigenvalue weighted by atomic mass is 9.74. The van der Waals surface area contributed by atoms with Gasteiger partial charge in [-0.25, -0.2) is 13.2 Å². The third-order valence-corrected chi connectivity index (χ3v) is 8.77. The van der Waals surface area contributed by atoms with Crippen molar-refractivity contribution < 1.29 is 23.1 Å². The predicted octanol–water partition coefficient (Wildman–Crippen LogP) is 5.41. The predicted molar refractivity (Wildman–Crippen MR) is 124 cm³/mol. The first-order valence-corrected chi connectivity index (χ1v) is 13.1. The second-order valence-corrected chi connectivity index (χ2v) is 11.1. The van der Waals surface area contributed by atoms with Crippen molar-refractivity contribution in [1.82, 2.24) is 4.31 Å². The maximum Gasteiger partial charge on any atom is 0.507 e. The quantitative estimate of drug-likeness (QED) is 0.562. The highest BCUT2D eigenvalue weighted by molar-refractivity contribution is 7.89. The van der Waals surface area contributed by atoms with E-state index in [4.69, 9.17) is 16.3 Å². The van der Waals surface area contributed by atoms with Crippen LogP contribution in [-0.2, 0) is 21.2 Å². The van der Waals surface area contributed by atoms with Gasteiger partial charge in [0.1, 0.15) is 0 Å². The summed E-state index contributed by atoms with van der Waals surface area (Å²) in [5.74, 6) is 0.200. The number of carboxylic acid groups (broad SMARTS) is 1. The molecule has 1 saturated carbocycles. The molecule has 0 aromatic heterocycles. The van der Waals surface area contributed by atoms with E-state index in [1.807, 2.05) is 48.5 Å². The van der Waals surface area contributed by atoms with Crippen molar-refractivity contribution in [3.8, 4) is 11.1 Å². The zero-order valence-electron chi connectivity index (χ0n) is 17.8. The summed E-state index contributed by atoms with van der Waals surface area (Å²) in [4.78, 5) is 11.3. The number of nitrogens with zero attached hydrogens (tertiary/aromatic N) is 1. The smallest absolute Gasteiger partial charge is 0.450 e. The first kappa shape index (κ1) is 23.1. The molecule has 2 aromatic rings. The number of aryl methyl sites for hydroxylation is 1. The normalized spacial score (nSPS) is 24.0. The molecule has 0 spiro atoms. The van der Waals surface area contributed by atoms with Crippen LogP contribution in [0.4, 0.5) is 4.79 Å². The summed E-state index contributed by atoms with van der Waals surface area (Å²) in [5, 5.41) is 9.91. The molecule has 0 bridgehead atoms. The number of piperidine rings is 1. The van der Waals surface area contributed by atoms with Gasteiger partial charge in [-0.15, -0.1) is 0 Å². The molecule has 1 aliphatic heterocycles. The van der Waals surface area contributed by atoms with Gasteiger partial charge in [0.15, 0.2) is 6.23 Å². The van der Waals surface area contributed by atoms with Crippen LogP contribution in [-0.4, -0.2) is 42.5 Å². The second kappa shape index (κ2) is 9.81. The van der Waals surface area contributed by atoms with Gasteiger partial charge in [0.25, 0.3) is 0 Å². The SMILES string of the molecule is O=C(O)OC1C2CCCCC2CCN1S(=O)(=O)CCc1ccc(-c2ccc(Cl)cc2)cc1. The van der Waals surface area contributed by atoms with Crippen LogP contribution in [0.25, 0.3) is 11.1 Å². The van der Waals surface area contributed by atoms with Crippen molar-refractivity contribution in [2.75, 3.05) is 12.3 Å². The molecular weight excluding hydrogens is 450 g/mol. The van der Waals surface area contributed by atoms with Crippen molar-refractivity contribution in [1.29, 1.82) is 0 Å². The molecule has 3 unspecified atom stereocenters. The van der Waals surface area contributed by atoms with Crippen molar-refractivity contribution >= 4 is 27.8 Å². The van der Waals surface area contributed by atoms with E-state index < -0.39 is 22.4 Å². The van der Waals surface area contributed by atoms with Gasteiger partial charge in [0, 0.05) is 17.5 Å². The Bertz CT molecular complexity index is 1040. The molecular formula is C24H28ClNO5S. The number of carbonyl (C=O) groups is 1. The number of hydrogen-bond acceptors (Lipinski definition) is 4. The maximum atomic E-state index is 13.2. The molecule has 1 aliphatic carbocycles. The molecule has 1 saturated heterocycles. The van der Waals surface area contributed by atoms with Crippen molar-refractivity contribution in [2.24, 2.45) is 11.8 Å². The number of sulfonamides is 1. The third kappa shape index (κ3) is 5.27. The van der Waals surface area contributed by atoms with Gasteiger partial charge >= 0.3 is 6.16 Å². The number of rotatable bonds is 6. The summed E-state index contributed by atoms with van der Waals surface area (Å²) in [6.45, 7) is 0.316. The number of hydrogen-bond donors (Lipinski definition) is 1. The average Bonchev–Trinajstić information content (AvgIpc) is 2.78. The molecule has 2 fully saturated rings. The van der Waals surface area contributed by atoms with Gasteiger partial charge in [-0.1, -0.05) is 60.8 Å². The summed E-state index contributed by atoms with van der Waals surface area (Å²) in [5.41, 5.74) is 2.98. The molecule has 4 rings (SSSR count). The average molecular weight is 478 g/mol. The van der Waals surface area contributed by atoms with E-state index >= 15 is 0 Å². The molecule has 172 valence electrons. The molecule has 32 heavy (non-hydrogen) atoms. The van der Waals surface area contributed by atoms with Crippen LogP contribution in [0.3, 0.4) is 0 Å². The highest BCUT2D eigenvalue weighted by Gasteiger charge is 2.45. The monoisotopic (exact) mass is 477 g/mol. The van der Waals surface area contributed by atoms with Crippen molar-refractivity contribution in [3.05, 3.63) is 59.1 Å². The first-order chi connectivity index (χ1) is 15.3. The van der Waals surface area contributed by atoms with Crippen molar-refractivity contribution in [3.63, 3.8) is 0 Å². The highest BCUT2D eigenvalue weighted by atomic mass is 35.5. The van der Waals surface area contributed by atoms with Crippen LogP contribution >= 0.6 is 11.6 Å².